The Balaban J connectivity index is -0.0000000877. The minimum absolute atomic E-state index is 0. The van der Waals surface area contributed by atoms with E-state index in [1.165, 1.54) is 26.2 Å². The molecule has 286 valence electrons. The quantitative estimate of drug-likeness (QED) is 0.123. The van der Waals surface area contributed by atoms with Crippen molar-refractivity contribution in [3.63, 3.8) is 0 Å². The number of methoxy groups -OCH3 is 3. The maximum Gasteiger partial charge on any atom is 0.313 e. The van der Waals surface area contributed by atoms with Crippen molar-refractivity contribution in [2.75, 3.05) is 42.5 Å². The van der Waals surface area contributed by atoms with Crippen LogP contribution in [0.25, 0.3) is 0 Å². The van der Waals surface area contributed by atoms with Gasteiger partial charge in [0.05, 0.1) is 21.3 Å². The number of carboxylic acid groups (broad SMARTS) is 1. The second-order valence-electron chi connectivity index (χ2n) is 8.21. The van der Waals surface area contributed by atoms with Crippen molar-refractivity contribution < 1.29 is 71.7 Å². The van der Waals surface area contributed by atoms with Crippen LogP contribution in [-0.4, -0.2) is 109 Å². The van der Waals surface area contributed by atoms with Gasteiger partial charge in [-0.25, -0.2) is 4.21 Å². The van der Waals surface area contributed by atoms with Gasteiger partial charge in [-0.3, -0.25) is 38.4 Å². The SMILES string of the molecule is C.C.CO.COC(=O)CCCC(=O)Cl.COC(=O)CCCC(=O)N(C)C.COC(=O)CCCC(=O)O.O=C1CCCC(=O)O1.O=S(Cl)Cl. The van der Waals surface area contributed by atoms with Crippen LogP contribution in [0.5, 0.6) is 0 Å². The fourth-order valence-corrected chi connectivity index (χ4v) is 2.41. The molecule has 1 fully saturated rings. The average Bonchev–Trinajstić information content (AvgIpc) is 2.98. The number of rotatable bonds is 12. The van der Waals surface area contributed by atoms with E-state index in [0.29, 0.717) is 51.4 Å². The van der Waals surface area contributed by atoms with Crippen LogP contribution in [0.3, 0.4) is 0 Å². The zero-order valence-corrected chi connectivity index (χ0v) is 29.8. The minimum Gasteiger partial charge on any atom is -0.481 e. The molecule has 1 aliphatic rings. The summed E-state index contributed by atoms with van der Waals surface area (Å²) >= 11 is 5.01. The van der Waals surface area contributed by atoms with Crippen LogP contribution in [0.1, 0.15) is 91.9 Å². The molecule has 0 aromatic rings. The molecule has 1 rings (SSSR count). The largest absolute Gasteiger partial charge is 0.481 e. The number of aliphatic carboxylic acids is 1. The van der Waals surface area contributed by atoms with Gasteiger partial charge in [0.25, 0.3) is 0 Å². The van der Waals surface area contributed by atoms with E-state index in [0.717, 1.165) is 7.11 Å². The molecule has 2 N–H and O–H groups in total. The van der Waals surface area contributed by atoms with Crippen molar-refractivity contribution in [1.29, 1.82) is 0 Å². The number of hydrogen-bond acceptors (Lipinski definition) is 14. The van der Waals surface area contributed by atoms with E-state index in [4.69, 9.17) is 26.0 Å². The smallest absolute Gasteiger partial charge is 0.313 e. The summed E-state index contributed by atoms with van der Waals surface area (Å²) in [6.45, 7) is 0. The fraction of sp³-hybridized carbons (Fsp3) is 0.714. The van der Waals surface area contributed by atoms with Crippen molar-refractivity contribution in [3.8, 4) is 0 Å². The van der Waals surface area contributed by atoms with E-state index >= 15 is 0 Å². The Morgan fingerprint density at radius 1 is 0.729 bits per heavy atom. The van der Waals surface area contributed by atoms with Gasteiger partial charge in [-0.15, -0.1) is 0 Å². The van der Waals surface area contributed by atoms with Crippen LogP contribution in [0.15, 0.2) is 0 Å². The van der Waals surface area contributed by atoms with Gasteiger partial charge in [-0.2, -0.15) is 0 Å². The molecular formula is C28H52Cl3NO15S. The molecular weight excluding hydrogens is 729 g/mol. The Hall–Kier alpha value is -2.86. The maximum atomic E-state index is 11.0. The van der Waals surface area contributed by atoms with Gasteiger partial charge in [0, 0.05) is 93.9 Å². The number of esters is 5. The number of ether oxygens (including phenoxy) is 4. The Kier molecular flexibility index (Phi) is 55.6. The normalized spacial score (nSPS) is 10.3. The second kappa shape index (κ2) is 44.1. The first kappa shape index (κ1) is 60.5. The third-order valence-electron chi connectivity index (χ3n) is 4.47. The highest BCUT2D eigenvalue weighted by Gasteiger charge is 2.16. The van der Waals surface area contributed by atoms with Crippen molar-refractivity contribution >= 4 is 89.2 Å². The second-order valence-corrected chi connectivity index (χ2v) is 11.2. The van der Waals surface area contributed by atoms with Crippen LogP contribution in [0.2, 0.25) is 0 Å². The Labute approximate surface area is 299 Å². The lowest BCUT2D eigenvalue weighted by atomic mass is 10.2. The lowest BCUT2D eigenvalue weighted by molar-refractivity contribution is -0.163. The molecule has 0 spiro atoms. The topological polar surface area (TPSA) is 234 Å². The number of hydrogen-bond donors (Lipinski definition) is 2. The molecule has 0 saturated carbocycles. The molecule has 0 bridgehead atoms. The first-order valence-electron chi connectivity index (χ1n) is 13.2. The Morgan fingerprint density at radius 2 is 1.04 bits per heavy atom. The number of halogens is 3. The van der Waals surface area contributed by atoms with E-state index in [1.807, 2.05) is 0 Å². The first-order chi connectivity index (χ1) is 21.4. The Bertz CT molecular complexity index is 886. The molecule has 0 aliphatic carbocycles. The van der Waals surface area contributed by atoms with Gasteiger partial charge in [0.15, 0.2) is 0 Å². The number of carbonyl (C=O) groups excluding carboxylic acids is 7. The molecule has 0 unspecified atom stereocenters. The molecule has 0 radical (unpaired) electrons. The number of nitrogens with zero attached hydrogens (tertiary/aromatic N) is 1. The number of amides is 1. The summed E-state index contributed by atoms with van der Waals surface area (Å²) in [6.07, 6.45) is 4.23. The van der Waals surface area contributed by atoms with E-state index in [9.17, 15) is 38.4 Å². The van der Waals surface area contributed by atoms with E-state index in [-0.39, 0.29) is 76.3 Å². The maximum absolute atomic E-state index is 11.0. The van der Waals surface area contributed by atoms with E-state index < -0.39 is 20.4 Å². The summed E-state index contributed by atoms with van der Waals surface area (Å²) in [7, 11) is 15.7. The summed E-state index contributed by atoms with van der Waals surface area (Å²) in [5, 5.41) is 14.7. The number of aliphatic hydroxyl groups excluding tert-OH is 1. The summed E-state index contributed by atoms with van der Waals surface area (Å²) in [5.74, 6) is -2.55. The predicted octanol–water partition coefficient (Wildman–Crippen LogP) is 4.09. The average molecular weight is 781 g/mol. The van der Waals surface area contributed by atoms with Crippen molar-refractivity contribution in [2.24, 2.45) is 0 Å². The summed E-state index contributed by atoms with van der Waals surface area (Å²) < 4.78 is 26.4. The van der Waals surface area contributed by atoms with Crippen LogP contribution >= 0.6 is 33.0 Å². The minimum atomic E-state index is -1.67. The van der Waals surface area contributed by atoms with E-state index in [2.05, 4.69) is 40.3 Å². The molecule has 16 nitrogen and oxygen atoms in total. The zero-order chi connectivity index (χ0) is 37.1. The number of carboxylic acids is 1. The van der Waals surface area contributed by atoms with Crippen molar-refractivity contribution in [2.45, 2.75) is 91.9 Å². The standard InChI is InChI=1S/C8H15NO3.C6H9ClO3.C6H10O4.C5H6O3.CH4O.2CH4.Cl2OS/c1-9(2)7(10)5-4-6-8(11)12-3;2*1-10-6(9)4-2-3-5(7)8;6-4-2-1-3-5(7)8-4;1-2;;;1-4(2)3/h4-6H2,1-3H3;2-4H2,1H3;2-4H2,1H3,(H,7,8);1-3H2;2H,1H3;2*1H4;. The molecule has 0 atom stereocenters. The van der Waals surface area contributed by atoms with E-state index in [1.54, 1.807) is 14.1 Å². The highest BCUT2D eigenvalue weighted by atomic mass is 36.0. The van der Waals surface area contributed by atoms with Gasteiger partial charge >= 0.3 is 35.8 Å². The monoisotopic (exact) mass is 779 g/mol. The molecule has 1 saturated heterocycles. The number of carbonyl (C=O) groups is 8. The lowest BCUT2D eigenvalue weighted by Crippen LogP contribution is -2.21. The summed E-state index contributed by atoms with van der Waals surface area (Å²) in [4.78, 5) is 84.4. The third-order valence-corrected chi connectivity index (χ3v) is 4.66. The highest BCUT2D eigenvalue weighted by molar-refractivity contribution is 8.26. The molecule has 0 aromatic heterocycles. The first-order valence-corrected chi connectivity index (χ1v) is 16.3. The van der Waals surface area contributed by atoms with Crippen molar-refractivity contribution in [3.05, 3.63) is 0 Å². The highest BCUT2D eigenvalue weighted by Crippen LogP contribution is 2.06. The van der Waals surface area contributed by atoms with Gasteiger partial charge < -0.3 is 34.1 Å². The molecule has 48 heavy (non-hydrogen) atoms. The van der Waals surface area contributed by atoms with Crippen LogP contribution in [0.4, 0.5) is 0 Å². The number of cyclic esters (lactones) is 2. The van der Waals surface area contributed by atoms with Crippen LogP contribution in [-0.2, 0) is 66.5 Å². The molecule has 0 aromatic carbocycles. The van der Waals surface area contributed by atoms with Gasteiger partial charge in [0.2, 0.25) is 20.4 Å². The van der Waals surface area contributed by atoms with Gasteiger partial charge in [0.1, 0.15) is 0 Å². The molecule has 1 heterocycles. The fourth-order valence-electron chi connectivity index (χ4n) is 2.28. The van der Waals surface area contributed by atoms with Crippen LogP contribution < -0.4 is 0 Å². The zero-order valence-electron chi connectivity index (χ0n) is 26.7. The summed E-state index contributed by atoms with van der Waals surface area (Å²) in [5.41, 5.74) is 0. The van der Waals surface area contributed by atoms with Crippen LogP contribution in [0, 0.1) is 0 Å². The lowest BCUT2D eigenvalue weighted by Gasteiger charge is -2.08. The summed E-state index contributed by atoms with van der Waals surface area (Å²) in [6, 6.07) is 0. The van der Waals surface area contributed by atoms with Gasteiger partial charge in [-0.1, -0.05) is 14.9 Å². The third kappa shape index (κ3) is 62.0. The Morgan fingerprint density at radius 3 is 1.27 bits per heavy atom. The molecule has 1 amide bonds. The molecule has 1 aliphatic heterocycles. The van der Waals surface area contributed by atoms with Crippen molar-refractivity contribution in [1.82, 2.24) is 4.90 Å². The predicted molar refractivity (Wildman–Crippen MR) is 181 cm³/mol. The molecule has 20 heteroatoms. The van der Waals surface area contributed by atoms with Gasteiger partial charge in [-0.05, 0) is 37.3 Å². The number of aliphatic hydroxyl groups is 1.